The van der Waals surface area contributed by atoms with Crippen molar-refractivity contribution in [3.05, 3.63) is 12.2 Å². The fraction of sp³-hybridized carbons (Fsp3) is 0.500. The lowest BCUT2D eigenvalue weighted by Gasteiger charge is -1.99. The number of aliphatic carboxylic acids is 1. The molecular weight excluding hydrogens is 136 g/mol. The van der Waals surface area contributed by atoms with Crippen LogP contribution in [0.2, 0.25) is 0 Å². The summed E-state index contributed by atoms with van der Waals surface area (Å²) in [5.74, 6) is -1.05. The van der Waals surface area contributed by atoms with Crippen molar-refractivity contribution in [1.29, 1.82) is 0 Å². The largest absolute Gasteiger partial charge is 0.478 e. The predicted molar refractivity (Wildman–Crippen MR) is 34.5 cm³/mol. The van der Waals surface area contributed by atoms with Gasteiger partial charge in [-0.05, 0) is 6.42 Å². The molecule has 0 bridgehead atoms. The van der Waals surface area contributed by atoms with Gasteiger partial charge in [-0.1, -0.05) is 6.08 Å². The number of rotatable bonds is 4. The Morgan fingerprint density at radius 3 is 2.60 bits per heavy atom. The van der Waals surface area contributed by atoms with Gasteiger partial charge in [0.2, 0.25) is 0 Å². The fourth-order valence-electron chi connectivity index (χ4n) is 0.400. The van der Waals surface area contributed by atoms with Crippen molar-refractivity contribution in [2.24, 2.45) is 0 Å². The van der Waals surface area contributed by atoms with E-state index in [1.165, 1.54) is 6.08 Å². The van der Waals surface area contributed by atoms with Crippen LogP contribution in [0.3, 0.4) is 0 Å². The van der Waals surface area contributed by atoms with Gasteiger partial charge in [0.05, 0.1) is 12.7 Å². The molecule has 58 valence electrons. The van der Waals surface area contributed by atoms with Gasteiger partial charge in [0.15, 0.2) is 0 Å². The topological polar surface area (TPSA) is 77.8 Å². The smallest absolute Gasteiger partial charge is 0.327 e. The molecule has 0 heterocycles. The third-order valence-electron chi connectivity index (χ3n) is 0.879. The van der Waals surface area contributed by atoms with Gasteiger partial charge >= 0.3 is 5.97 Å². The van der Waals surface area contributed by atoms with E-state index in [1.54, 1.807) is 0 Å². The third-order valence-corrected chi connectivity index (χ3v) is 0.879. The molecule has 0 saturated carbocycles. The third kappa shape index (κ3) is 5.27. The van der Waals surface area contributed by atoms with Crippen LogP contribution < -0.4 is 0 Å². The van der Waals surface area contributed by atoms with E-state index in [9.17, 15) is 4.79 Å². The normalized spacial score (nSPS) is 13.8. The van der Waals surface area contributed by atoms with E-state index in [0.29, 0.717) is 0 Å². The Morgan fingerprint density at radius 2 is 2.20 bits per heavy atom. The molecule has 0 radical (unpaired) electrons. The molecule has 1 atom stereocenters. The molecule has 4 nitrogen and oxygen atoms in total. The Morgan fingerprint density at radius 1 is 1.60 bits per heavy atom. The van der Waals surface area contributed by atoms with Crippen molar-refractivity contribution >= 4 is 5.97 Å². The van der Waals surface area contributed by atoms with E-state index in [2.05, 4.69) is 0 Å². The summed E-state index contributed by atoms with van der Waals surface area (Å²) in [5, 5.41) is 25.0. The number of hydrogen-bond donors (Lipinski definition) is 3. The summed E-state index contributed by atoms with van der Waals surface area (Å²) < 4.78 is 0. The maximum absolute atomic E-state index is 9.84. The number of carboxylic acid groups (broad SMARTS) is 1. The van der Waals surface area contributed by atoms with E-state index >= 15 is 0 Å². The lowest BCUT2D eigenvalue weighted by atomic mass is 10.2. The van der Waals surface area contributed by atoms with Gasteiger partial charge in [0.1, 0.15) is 0 Å². The Kier molecular flexibility index (Phi) is 4.53. The van der Waals surface area contributed by atoms with Crippen LogP contribution in [0, 0.1) is 0 Å². The minimum atomic E-state index is -1.05. The van der Waals surface area contributed by atoms with Crippen molar-refractivity contribution in [3.63, 3.8) is 0 Å². The SMILES string of the molecule is O=C(O)/C=C/C[C@H](O)CO. The Labute approximate surface area is 58.4 Å². The molecule has 0 amide bonds. The number of aliphatic hydroxyl groups excluding tert-OH is 2. The first-order valence-corrected chi connectivity index (χ1v) is 2.85. The lowest BCUT2D eigenvalue weighted by Crippen LogP contribution is -2.09. The van der Waals surface area contributed by atoms with Crippen LogP contribution in [0.25, 0.3) is 0 Å². The molecule has 0 aromatic rings. The maximum Gasteiger partial charge on any atom is 0.327 e. The van der Waals surface area contributed by atoms with Gasteiger partial charge in [-0.2, -0.15) is 0 Å². The fourth-order valence-corrected chi connectivity index (χ4v) is 0.400. The van der Waals surface area contributed by atoms with Gasteiger partial charge < -0.3 is 15.3 Å². The molecular formula is C6H10O4. The van der Waals surface area contributed by atoms with Crippen LogP contribution in [0.1, 0.15) is 6.42 Å². The minimum absolute atomic E-state index is 0.169. The molecule has 3 N–H and O–H groups in total. The van der Waals surface area contributed by atoms with Crippen molar-refractivity contribution in [3.8, 4) is 0 Å². The van der Waals surface area contributed by atoms with Gasteiger partial charge in [-0.3, -0.25) is 0 Å². The summed E-state index contributed by atoms with van der Waals surface area (Å²) in [5.41, 5.74) is 0. The van der Waals surface area contributed by atoms with Crippen LogP contribution >= 0.6 is 0 Å². The average Bonchev–Trinajstić information content (AvgIpc) is 1.87. The van der Waals surface area contributed by atoms with Gasteiger partial charge in [-0.15, -0.1) is 0 Å². The van der Waals surface area contributed by atoms with E-state index in [-0.39, 0.29) is 13.0 Å². The van der Waals surface area contributed by atoms with Crippen molar-refractivity contribution in [2.45, 2.75) is 12.5 Å². The zero-order valence-corrected chi connectivity index (χ0v) is 5.40. The lowest BCUT2D eigenvalue weighted by molar-refractivity contribution is -0.131. The van der Waals surface area contributed by atoms with Crippen LogP contribution in [0.4, 0.5) is 0 Å². The molecule has 0 aliphatic carbocycles. The van der Waals surface area contributed by atoms with Crippen molar-refractivity contribution in [1.82, 2.24) is 0 Å². The molecule has 10 heavy (non-hydrogen) atoms. The average molecular weight is 146 g/mol. The van der Waals surface area contributed by atoms with Gasteiger partial charge in [-0.25, -0.2) is 4.79 Å². The zero-order valence-electron chi connectivity index (χ0n) is 5.40. The Balaban J connectivity index is 3.43. The molecule has 0 unspecified atom stereocenters. The van der Waals surface area contributed by atoms with Crippen LogP contribution in [0.15, 0.2) is 12.2 Å². The van der Waals surface area contributed by atoms with Gasteiger partial charge in [0, 0.05) is 6.08 Å². The quantitative estimate of drug-likeness (QED) is 0.461. The molecule has 0 aromatic heterocycles. The van der Waals surface area contributed by atoms with E-state index in [4.69, 9.17) is 15.3 Å². The van der Waals surface area contributed by atoms with Crippen molar-refractivity contribution < 1.29 is 20.1 Å². The standard InChI is InChI=1S/C6H10O4/c7-4-5(8)2-1-3-6(9)10/h1,3,5,7-8H,2,4H2,(H,9,10)/b3-1+/t5-/m0/s1. The van der Waals surface area contributed by atoms with Crippen molar-refractivity contribution in [2.75, 3.05) is 6.61 Å². The van der Waals surface area contributed by atoms with E-state index in [0.717, 1.165) is 6.08 Å². The second-order valence-corrected chi connectivity index (χ2v) is 1.81. The summed E-state index contributed by atoms with van der Waals surface area (Å²) in [6.07, 6.45) is 1.54. The van der Waals surface area contributed by atoms with Gasteiger partial charge in [0.25, 0.3) is 0 Å². The first-order chi connectivity index (χ1) is 4.66. The molecule has 0 fully saturated rings. The molecule has 4 heteroatoms. The summed E-state index contributed by atoms with van der Waals surface area (Å²) in [6, 6.07) is 0. The van der Waals surface area contributed by atoms with Crippen LogP contribution in [0.5, 0.6) is 0 Å². The van der Waals surface area contributed by atoms with Crippen LogP contribution in [-0.4, -0.2) is 34.0 Å². The number of carboxylic acids is 1. The summed E-state index contributed by atoms with van der Waals surface area (Å²) in [6.45, 7) is -0.343. The highest BCUT2D eigenvalue weighted by molar-refractivity contribution is 5.79. The maximum atomic E-state index is 9.84. The summed E-state index contributed by atoms with van der Waals surface area (Å²) in [4.78, 5) is 9.84. The predicted octanol–water partition coefficient (Wildman–Crippen LogP) is -0.629. The highest BCUT2D eigenvalue weighted by Gasteiger charge is 1.96. The second kappa shape index (κ2) is 4.96. The summed E-state index contributed by atoms with van der Waals surface area (Å²) in [7, 11) is 0. The molecule has 0 aliphatic heterocycles. The summed E-state index contributed by atoms with van der Waals surface area (Å²) >= 11 is 0. The Bertz CT molecular complexity index is 130. The monoisotopic (exact) mass is 146 g/mol. The molecule has 0 rings (SSSR count). The number of aliphatic hydroxyl groups is 2. The van der Waals surface area contributed by atoms with Crippen LogP contribution in [-0.2, 0) is 4.79 Å². The first-order valence-electron chi connectivity index (χ1n) is 2.85. The highest BCUT2D eigenvalue weighted by Crippen LogP contribution is 1.90. The highest BCUT2D eigenvalue weighted by atomic mass is 16.4. The molecule has 0 saturated heterocycles. The second-order valence-electron chi connectivity index (χ2n) is 1.81. The zero-order chi connectivity index (χ0) is 7.98. The number of hydrogen-bond acceptors (Lipinski definition) is 3. The molecule has 0 aromatic carbocycles. The molecule has 0 spiro atoms. The first kappa shape index (κ1) is 9.13. The Hall–Kier alpha value is -0.870. The number of carbonyl (C=O) groups is 1. The van der Waals surface area contributed by atoms with E-state index in [1.807, 2.05) is 0 Å². The molecule has 0 aliphatic rings. The van der Waals surface area contributed by atoms with E-state index < -0.39 is 12.1 Å². The minimum Gasteiger partial charge on any atom is -0.478 e.